The lowest BCUT2D eigenvalue weighted by Gasteiger charge is -2.21. The van der Waals surface area contributed by atoms with Crippen LogP contribution in [0.4, 0.5) is 5.13 Å². The average Bonchev–Trinajstić information content (AvgIpc) is 3.09. The Labute approximate surface area is 160 Å². The monoisotopic (exact) mass is 391 g/mol. The molecule has 1 saturated carbocycles. The smallest absolute Gasteiger partial charge is 0.321 e. The number of ether oxygens (including phenoxy) is 1. The van der Waals surface area contributed by atoms with Gasteiger partial charge in [0.15, 0.2) is 10.1 Å². The lowest BCUT2D eigenvalue weighted by molar-refractivity contribution is -0.131. The number of benzene rings is 1. The zero-order valence-corrected chi connectivity index (χ0v) is 16.2. The third-order valence-electron chi connectivity index (χ3n) is 4.15. The Hall–Kier alpha value is -1.93. The van der Waals surface area contributed by atoms with Crippen LogP contribution in [0.3, 0.4) is 0 Å². The Morgan fingerprint density at radius 2 is 1.92 bits per heavy atom. The highest BCUT2D eigenvalue weighted by atomic mass is 32.2. The lowest BCUT2D eigenvalue weighted by atomic mass is 9.96. The number of anilines is 1. The number of carbonyl (C=O) groups is 2. The quantitative estimate of drug-likeness (QED) is 0.328. The second-order valence-corrected chi connectivity index (χ2v) is 8.40. The predicted molar refractivity (Wildman–Crippen MR) is 103 cm³/mol. The van der Waals surface area contributed by atoms with E-state index >= 15 is 0 Å². The van der Waals surface area contributed by atoms with Crippen LogP contribution in [0.2, 0.25) is 0 Å². The Morgan fingerprint density at radius 1 is 1.19 bits per heavy atom. The van der Waals surface area contributed by atoms with E-state index in [4.69, 9.17) is 4.74 Å². The van der Waals surface area contributed by atoms with Crippen molar-refractivity contribution in [3.05, 3.63) is 29.8 Å². The van der Waals surface area contributed by atoms with Crippen LogP contribution in [0.5, 0.6) is 5.75 Å². The van der Waals surface area contributed by atoms with Crippen molar-refractivity contribution >= 4 is 40.0 Å². The van der Waals surface area contributed by atoms with Gasteiger partial charge in [0.25, 0.3) is 0 Å². The zero-order chi connectivity index (χ0) is 18.4. The van der Waals surface area contributed by atoms with Gasteiger partial charge in [-0.3, -0.25) is 9.59 Å². The van der Waals surface area contributed by atoms with E-state index in [1.165, 1.54) is 62.1 Å². The number of thioether (sulfide) groups is 1. The molecule has 1 N–H and O–H groups in total. The summed E-state index contributed by atoms with van der Waals surface area (Å²) in [6.07, 6.45) is 6.19. The number of hydrogen-bond donors (Lipinski definition) is 1. The number of esters is 1. The Bertz CT molecular complexity index is 755. The molecule has 1 heterocycles. The predicted octanol–water partition coefficient (Wildman–Crippen LogP) is 4.18. The maximum absolute atomic E-state index is 12.0. The van der Waals surface area contributed by atoms with Crippen molar-refractivity contribution in [1.29, 1.82) is 0 Å². The van der Waals surface area contributed by atoms with Gasteiger partial charge in [0.05, 0.1) is 5.75 Å². The highest BCUT2D eigenvalue weighted by Gasteiger charge is 2.16. The van der Waals surface area contributed by atoms with Crippen LogP contribution in [-0.4, -0.2) is 33.7 Å². The molecule has 0 amide bonds. The van der Waals surface area contributed by atoms with E-state index in [0.29, 0.717) is 17.4 Å². The van der Waals surface area contributed by atoms with E-state index in [1.54, 1.807) is 24.3 Å². The molecule has 1 aliphatic carbocycles. The van der Waals surface area contributed by atoms with Gasteiger partial charge in [-0.15, -0.1) is 10.2 Å². The molecule has 0 atom stereocenters. The molecule has 0 saturated heterocycles. The van der Waals surface area contributed by atoms with Gasteiger partial charge in [0, 0.05) is 11.6 Å². The van der Waals surface area contributed by atoms with E-state index in [1.807, 2.05) is 0 Å². The molecule has 6 nitrogen and oxygen atoms in total. The van der Waals surface area contributed by atoms with Crippen LogP contribution in [0, 0.1) is 0 Å². The van der Waals surface area contributed by atoms with E-state index in [2.05, 4.69) is 15.5 Å². The highest BCUT2D eigenvalue weighted by molar-refractivity contribution is 8.01. The van der Waals surface area contributed by atoms with Crippen molar-refractivity contribution in [1.82, 2.24) is 10.2 Å². The second kappa shape index (κ2) is 9.14. The fourth-order valence-corrected chi connectivity index (χ4v) is 4.39. The molecule has 26 heavy (non-hydrogen) atoms. The minimum atomic E-state index is -0.359. The second-order valence-electron chi connectivity index (χ2n) is 6.20. The molecule has 0 unspecified atom stereocenters. The number of ketones is 1. The van der Waals surface area contributed by atoms with Gasteiger partial charge in [-0.1, -0.05) is 42.4 Å². The summed E-state index contributed by atoms with van der Waals surface area (Å²) < 4.78 is 6.01. The summed E-state index contributed by atoms with van der Waals surface area (Å²) in [6, 6.07) is 7.02. The number of carbonyl (C=O) groups excluding carboxylic acids is 2. The average molecular weight is 392 g/mol. The van der Waals surface area contributed by atoms with E-state index in [0.717, 1.165) is 9.47 Å². The Balaban J connectivity index is 1.44. The largest absolute Gasteiger partial charge is 0.426 e. The minimum absolute atomic E-state index is 0.0210. The topological polar surface area (TPSA) is 81.2 Å². The zero-order valence-electron chi connectivity index (χ0n) is 14.6. The van der Waals surface area contributed by atoms with Crippen molar-refractivity contribution < 1.29 is 14.3 Å². The first-order valence-corrected chi connectivity index (χ1v) is 10.4. The van der Waals surface area contributed by atoms with Crippen LogP contribution in [0.1, 0.15) is 49.4 Å². The molecular weight excluding hydrogens is 370 g/mol. The molecule has 1 aromatic heterocycles. The highest BCUT2D eigenvalue weighted by Crippen LogP contribution is 2.28. The third kappa shape index (κ3) is 5.54. The Morgan fingerprint density at radius 3 is 2.62 bits per heavy atom. The van der Waals surface area contributed by atoms with E-state index in [9.17, 15) is 9.59 Å². The van der Waals surface area contributed by atoms with Gasteiger partial charge in [-0.05, 0) is 44.0 Å². The molecule has 1 aliphatic rings. The lowest BCUT2D eigenvalue weighted by Crippen LogP contribution is -2.21. The molecular formula is C18H21N3O3S2. The first-order valence-electron chi connectivity index (χ1n) is 8.64. The molecule has 0 bridgehead atoms. The molecule has 0 spiro atoms. The summed E-state index contributed by atoms with van der Waals surface area (Å²) in [4.78, 5) is 23.2. The Kier molecular flexibility index (Phi) is 6.62. The summed E-state index contributed by atoms with van der Waals surface area (Å²) in [5.74, 6) is 0.208. The van der Waals surface area contributed by atoms with Crippen molar-refractivity contribution in [3.8, 4) is 5.75 Å². The minimum Gasteiger partial charge on any atom is -0.426 e. The summed E-state index contributed by atoms with van der Waals surface area (Å²) >= 11 is 2.78. The molecule has 2 aromatic rings. The molecule has 3 rings (SSSR count). The van der Waals surface area contributed by atoms with Gasteiger partial charge in [-0.25, -0.2) is 0 Å². The van der Waals surface area contributed by atoms with Crippen LogP contribution in [0.15, 0.2) is 28.6 Å². The molecule has 138 valence electrons. The normalized spacial score (nSPS) is 14.8. The fraction of sp³-hybridized carbons (Fsp3) is 0.444. The maximum atomic E-state index is 12.0. The SMILES string of the molecule is CC(=O)c1ccc(OC(=O)CSc2nnc(NC3CCCCC3)s2)cc1. The molecule has 1 fully saturated rings. The van der Waals surface area contributed by atoms with Gasteiger partial charge in [0.2, 0.25) is 5.13 Å². The van der Waals surface area contributed by atoms with Crippen LogP contribution < -0.4 is 10.1 Å². The van der Waals surface area contributed by atoms with E-state index < -0.39 is 0 Å². The van der Waals surface area contributed by atoms with Crippen molar-refractivity contribution in [2.24, 2.45) is 0 Å². The molecule has 8 heteroatoms. The fourth-order valence-electron chi connectivity index (χ4n) is 2.79. The molecule has 0 radical (unpaired) electrons. The number of nitrogens with one attached hydrogen (secondary N) is 1. The van der Waals surface area contributed by atoms with Gasteiger partial charge >= 0.3 is 5.97 Å². The maximum Gasteiger partial charge on any atom is 0.321 e. The summed E-state index contributed by atoms with van der Waals surface area (Å²) in [6.45, 7) is 1.50. The first-order chi connectivity index (χ1) is 12.6. The molecule has 1 aromatic carbocycles. The van der Waals surface area contributed by atoms with Gasteiger partial charge in [0.1, 0.15) is 5.75 Å². The standard InChI is InChI=1S/C18H21N3O3S2/c1-12(22)13-7-9-15(10-8-13)24-16(23)11-25-18-21-20-17(26-18)19-14-5-3-2-4-6-14/h7-10,14H,2-6,11H2,1H3,(H,19,20). The number of aromatic nitrogens is 2. The summed E-state index contributed by atoms with van der Waals surface area (Å²) in [5, 5.41) is 12.5. The molecule has 0 aliphatic heterocycles. The van der Waals surface area contributed by atoms with Crippen LogP contribution >= 0.6 is 23.1 Å². The van der Waals surface area contributed by atoms with Crippen molar-refractivity contribution in [3.63, 3.8) is 0 Å². The van der Waals surface area contributed by atoms with Crippen LogP contribution in [-0.2, 0) is 4.79 Å². The van der Waals surface area contributed by atoms with Gasteiger partial charge in [-0.2, -0.15) is 0 Å². The first kappa shape index (κ1) is 18.8. The number of nitrogens with zero attached hydrogens (tertiary/aromatic N) is 2. The number of rotatable bonds is 7. The summed E-state index contributed by atoms with van der Waals surface area (Å²) in [5.41, 5.74) is 0.589. The summed E-state index contributed by atoms with van der Waals surface area (Å²) in [7, 11) is 0. The van der Waals surface area contributed by atoms with Crippen molar-refractivity contribution in [2.75, 3.05) is 11.1 Å². The number of Topliss-reactive ketones (excluding diaryl/α,β-unsaturated/α-hetero) is 1. The van der Waals surface area contributed by atoms with Crippen LogP contribution in [0.25, 0.3) is 0 Å². The van der Waals surface area contributed by atoms with Gasteiger partial charge < -0.3 is 10.1 Å². The van der Waals surface area contributed by atoms with Crippen molar-refractivity contribution in [2.45, 2.75) is 49.4 Å². The van der Waals surface area contributed by atoms with E-state index in [-0.39, 0.29) is 17.5 Å². The number of hydrogen-bond acceptors (Lipinski definition) is 8. The third-order valence-corrected chi connectivity index (χ3v) is 6.11.